The highest BCUT2D eigenvalue weighted by atomic mass is 16.5. The number of carbonyl (C=O) groups excluding carboxylic acids is 2. The lowest BCUT2D eigenvalue weighted by Crippen LogP contribution is -2.45. The van der Waals surface area contributed by atoms with Crippen LogP contribution in [0.5, 0.6) is 0 Å². The van der Waals surface area contributed by atoms with Crippen molar-refractivity contribution < 1.29 is 24.5 Å². The fourth-order valence-electron chi connectivity index (χ4n) is 10.5. The van der Waals surface area contributed by atoms with Crippen molar-refractivity contribution in [1.29, 1.82) is 0 Å². The van der Waals surface area contributed by atoms with Gasteiger partial charge < -0.3 is 20.3 Å². The maximum Gasteiger partial charge on any atom is 0.305 e. The molecule has 0 aromatic carbocycles. The lowest BCUT2D eigenvalue weighted by atomic mass is 10.0. The van der Waals surface area contributed by atoms with Crippen molar-refractivity contribution in [2.75, 3.05) is 13.2 Å². The third kappa shape index (κ3) is 57.9. The first-order valence-corrected chi connectivity index (χ1v) is 33.0. The van der Waals surface area contributed by atoms with Crippen LogP contribution in [-0.2, 0) is 14.3 Å². The smallest absolute Gasteiger partial charge is 0.305 e. The Morgan fingerprint density at radius 3 is 0.944 bits per heavy atom. The van der Waals surface area contributed by atoms with Crippen molar-refractivity contribution in [3.05, 3.63) is 12.2 Å². The first-order chi connectivity index (χ1) is 35.5. The molecule has 0 fully saturated rings. The predicted molar refractivity (Wildman–Crippen MR) is 315 cm³/mol. The Morgan fingerprint density at radius 2 is 0.639 bits per heavy atom. The molecular weight excluding hydrogens is 887 g/mol. The average molecular weight is 1020 g/mol. The fraction of sp³-hybridized carbons (Fsp3) is 0.939. The van der Waals surface area contributed by atoms with Gasteiger partial charge >= 0.3 is 5.97 Å². The van der Waals surface area contributed by atoms with Crippen LogP contribution in [0.4, 0.5) is 0 Å². The van der Waals surface area contributed by atoms with Gasteiger partial charge in [0.05, 0.1) is 25.4 Å². The molecule has 72 heavy (non-hydrogen) atoms. The second-order valence-corrected chi connectivity index (χ2v) is 22.8. The zero-order valence-electron chi connectivity index (χ0n) is 48.9. The number of amides is 1. The summed E-state index contributed by atoms with van der Waals surface area (Å²) in [7, 11) is 0. The van der Waals surface area contributed by atoms with Crippen LogP contribution < -0.4 is 5.32 Å². The minimum atomic E-state index is -0.849. The van der Waals surface area contributed by atoms with Gasteiger partial charge in [-0.15, -0.1) is 0 Å². The molecular formula is C66H129NO5. The molecule has 0 saturated carbocycles. The molecule has 1 amide bonds. The number of unbranched alkanes of at least 4 members (excludes halogenated alkanes) is 51. The first-order valence-electron chi connectivity index (χ1n) is 33.0. The van der Waals surface area contributed by atoms with E-state index >= 15 is 0 Å². The first kappa shape index (κ1) is 70.6. The summed E-state index contributed by atoms with van der Waals surface area (Å²) in [6.45, 7) is 4.93. The molecule has 2 unspecified atom stereocenters. The van der Waals surface area contributed by atoms with Gasteiger partial charge in [-0.05, 0) is 32.1 Å². The van der Waals surface area contributed by atoms with E-state index in [1.165, 1.54) is 308 Å². The van der Waals surface area contributed by atoms with Gasteiger partial charge in [-0.3, -0.25) is 9.59 Å². The molecule has 0 saturated heterocycles. The number of hydrogen-bond donors (Lipinski definition) is 3. The third-order valence-electron chi connectivity index (χ3n) is 15.6. The van der Waals surface area contributed by atoms with Gasteiger partial charge in [0.1, 0.15) is 0 Å². The summed E-state index contributed by atoms with van der Waals surface area (Å²) < 4.78 is 5.48. The van der Waals surface area contributed by atoms with Crippen LogP contribution in [0.2, 0.25) is 0 Å². The molecule has 6 nitrogen and oxygen atoms in total. The molecule has 0 aromatic heterocycles. The average Bonchev–Trinajstić information content (AvgIpc) is 3.38. The van der Waals surface area contributed by atoms with Gasteiger partial charge in [-0.25, -0.2) is 0 Å². The number of aliphatic hydroxyl groups is 2. The zero-order chi connectivity index (χ0) is 52.2. The van der Waals surface area contributed by atoms with Crippen molar-refractivity contribution in [3.63, 3.8) is 0 Å². The second kappa shape index (κ2) is 62.1. The van der Waals surface area contributed by atoms with Gasteiger partial charge in [-0.2, -0.15) is 0 Å². The summed E-state index contributed by atoms with van der Waals surface area (Å²) in [6.07, 6.45) is 75.5. The van der Waals surface area contributed by atoms with E-state index in [1.54, 1.807) is 6.08 Å². The van der Waals surface area contributed by atoms with Gasteiger partial charge in [-0.1, -0.05) is 341 Å². The van der Waals surface area contributed by atoms with Crippen LogP contribution >= 0.6 is 0 Å². The highest BCUT2D eigenvalue weighted by Crippen LogP contribution is 2.19. The summed E-state index contributed by atoms with van der Waals surface area (Å²) in [4.78, 5) is 24.6. The van der Waals surface area contributed by atoms with Crippen LogP contribution in [0.1, 0.15) is 373 Å². The molecule has 0 spiro atoms. The molecule has 3 N–H and O–H groups in total. The number of esters is 1. The van der Waals surface area contributed by atoms with E-state index in [1.807, 2.05) is 6.08 Å². The lowest BCUT2D eigenvalue weighted by Gasteiger charge is -2.20. The predicted octanol–water partition coefficient (Wildman–Crippen LogP) is 20.8. The molecule has 0 aliphatic heterocycles. The topological polar surface area (TPSA) is 95.9 Å². The van der Waals surface area contributed by atoms with Crippen molar-refractivity contribution in [1.82, 2.24) is 5.32 Å². The second-order valence-electron chi connectivity index (χ2n) is 22.8. The summed E-state index contributed by atoms with van der Waals surface area (Å²) >= 11 is 0. The van der Waals surface area contributed by atoms with Crippen LogP contribution in [0, 0.1) is 0 Å². The summed E-state index contributed by atoms with van der Waals surface area (Å²) in [5.41, 5.74) is 0. The van der Waals surface area contributed by atoms with Gasteiger partial charge in [0, 0.05) is 12.8 Å². The number of rotatable bonds is 62. The van der Waals surface area contributed by atoms with Crippen molar-refractivity contribution in [3.8, 4) is 0 Å². The Hall–Kier alpha value is -1.40. The molecule has 428 valence electrons. The number of aliphatic hydroxyl groups excluding tert-OH is 2. The van der Waals surface area contributed by atoms with Gasteiger partial charge in [0.25, 0.3) is 0 Å². The number of hydrogen-bond acceptors (Lipinski definition) is 5. The van der Waals surface area contributed by atoms with E-state index in [0.29, 0.717) is 19.4 Å². The van der Waals surface area contributed by atoms with Crippen LogP contribution in [0.15, 0.2) is 12.2 Å². The number of nitrogens with one attached hydrogen (secondary N) is 1. The minimum Gasteiger partial charge on any atom is -0.466 e. The van der Waals surface area contributed by atoms with E-state index in [-0.39, 0.29) is 18.5 Å². The summed E-state index contributed by atoms with van der Waals surface area (Å²) in [5, 5.41) is 23.2. The van der Waals surface area contributed by atoms with E-state index in [2.05, 4.69) is 19.2 Å². The Kier molecular flexibility index (Phi) is 60.9. The van der Waals surface area contributed by atoms with Crippen molar-refractivity contribution in [2.45, 2.75) is 386 Å². The van der Waals surface area contributed by atoms with E-state index in [4.69, 9.17) is 4.74 Å². The van der Waals surface area contributed by atoms with Crippen LogP contribution in [0.3, 0.4) is 0 Å². The monoisotopic (exact) mass is 1020 g/mol. The zero-order valence-corrected chi connectivity index (χ0v) is 48.9. The maximum absolute atomic E-state index is 12.5. The third-order valence-corrected chi connectivity index (χ3v) is 15.6. The fourth-order valence-corrected chi connectivity index (χ4v) is 10.5. The molecule has 0 aliphatic rings. The molecule has 2 atom stereocenters. The van der Waals surface area contributed by atoms with Crippen molar-refractivity contribution >= 4 is 11.9 Å². The van der Waals surface area contributed by atoms with Gasteiger partial charge in [0.15, 0.2) is 0 Å². The number of carbonyl (C=O) groups is 2. The standard InChI is InChI=1S/C66H129NO5/c1-3-5-7-9-11-13-15-17-18-19-20-21-22-23-24-25-26-28-31-35-38-42-46-50-54-58-64(69)63(62-68)67-65(70)59-55-51-47-43-39-36-32-29-27-30-33-37-41-45-49-53-57-61-72-66(71)60-56-52-48-44-40-34-16-14-12-10-8-6-4-2/h54,58,63-64,68-69H,3-53,55-57,59-62H2,1-2H3,(H,67,70)/b58-54+. The van der Waals surface area contributed by atoms with E-state index in [0.717, 1.165) is 38.5 Å². The van der Waals surface area contributed by atoms with Gasteiger partial charge in [0.2, 0.25) is 5.91 Å². The van der Waals surface area contributed by atoms with Crippen LogP contribution in [0.25, 0.3) is 0 Å². The highest BCUT2D eigenvalue weighted by Gasteiger charge is 2.18. The number of allylic oxidation sites excluding steroid dienone is 1. The Balaban J connectivity index is 3.43. The lowest BCUT2D eigenvalue weighted by molar-refractivity contribution is -0.143. The number of ether oxygens (including phenoxy) is 1. The Morgan fingerprint density at radius 1 is 0.375 bits per heavy atom. The molecule has 0 aromatic rings. The van der Waals surface area contributed by atoms with Crippen molar-refractivity contribution in [2.24, 2.45) is 0 Å². The molecule has 0 heterocycles. The maximum atomic E-state index is 12.5. The molecule has 0 aliphatic carbocycles. The quantitative estimate of drug-likeness (QED) is 0.0320. The summed E-state index contributed by atoms with van der Waals surface area (Å²) in [6, 6.07) is -0.632. The Bertz CT molecular complexity index is 1080. The largest absolute Gasteiger partial charge is 0.466 e. The Labute approximate surface area is 450 Å². The van der Waals surface area contributed by atoms with E-state index < -0.39 is 12.1 Å². The SMILES string of the molecule is CCCCCCCCCCCCCCCCCCCCCCCCC/C=C/C(O)C(CO)NC(=O)CCCCCCCCCCCCCCCCCCCOC(=O)CCCCCCCCCCCCCCC. The van der Waals surface area contributed by atoms with Crippen LogP contribution in [-0.4, -0.2) is 47.4 Å². The minimum absolute atomic E-state index is 0.00716. The normalized spacial score (nSPS) is 12.6. The summed E-state index contributed by atoms with van der Waals surface area (Å²) in [5.74, 6) is -0.0613. The molecule has 0 bridgehead atoms. The molecule has 0 radical (unpaired) electrons. The molecule has 0 rings (SSSR count). The highest BCUT2D eigenvalue weighted by molar-refractivity contribution is 5.76. The molecule has 6 heteroatoms. The van der Waals surface area contributed by atoms with E-state index in [9.17, 15) is 19.8 Å².